The van der Waals surface area contributed by atoms with Crippen LogP contribution in [0.15, 0.2) is 193 Å². The third-order valence-corrected chi connectivity index (χ3v) is 11.6. The fourth-order valence-corrected chi connectivity index (χ4v) is 9.09. The van der Waals surface area contributed by atoms with E-state index in [4.69, 9.17) is 9.40 Å². The zero-order chi connectivity index (χ0) is 35.6. The van der Waals surface area contributed by atoms with Crippen LogP contribution < -0.4 is 9.80 Å². The lowest BCUT2D eigenvalue weighted by Crippen LogP contribution is -2.13. The molecule has 0 N–H and O–H groups in total. The number of hydrogen-bond acceptors (Lipinski definition) is 5. The van der Waals surface area contributed by atoms with Gasteiger partial charge in [-0.05, 0) is 113 Å². The average Bonchev–Trinajstić information content (AvgIpc) is 3.79. The number of thiophene rings is 1. The minimum atomic E-state index is 0.856. The second-order valence-electron chi connectivity index (χ2n) is 13.6. The molecule has 254 valence electrons. The van der Waals surface area contributed by atoms with Gasteiger partial charge in [-0.25, -0.2) is 4.98 Å². The molecule has 0 bridgehead atoms. The summed E-state index contributed by atoms with van der Waals surface area (Å²) >= 11 is 1.84. The van der Waals surface area contributed by atoms with Gasteiger partial charge in [-0.2, -0.15) is 0 Å². The van der Waals surface area contributed by atoms with Crippen LogP contribution in [0.3, 0.4) is 0 Å². The van der Waals surface area contributed by atoms with Crippen LogP contribution in [0.2, 0.25) is 0 Å². The van der Waals surface area contributed by atoms with Crippen molar-refractivity contribution in [2.75, 3.05) is 9.80 Å². The van der Waals surface area contributed by atoms with Crippen molar-refractivity contribution in [3.8, 4) is 0 Å². The second kappa shape index (κ2) is 12.3. The summed E-state index contributed by atoms with van der Waals surface area (Å²) in [6.07, 6.45) is 1.85. The number of anilines is 6. The number of aromatic nitrogens is 1. The van der Waals surface area contributed by atoms with Gasteiger partial charge >= 0.3 is 0 Å². The van der Waals surface area contributed by atoms with Crippen molar-refractivity contribution in [3.63, 3.8) is 0 Å². The summed E-state index contributed by atoms with van der Waals surface area (Å²) in [5, 5.41) is 9.58. The molecule has 0 amide bonds. The third-order valence-electron chi connectivity index (χ3n) is 10.4. The van der Waals surface area contributed by atoms with E-state index in [0.717, 1.165) is 61.6 Å². The van der Waals surface area contributed by atoms with Crippen molar-refractivity contribution in [2.45, 2.75) is 0 Å². The molecule has 8 aromatic carbocycles. The molecule has 0 aliphatic rings. The van der Waals surface area contributed by atoms with Gasteiger partial charge in [0, 0.05) is 65.6 Å². The average molecular weight is 710 g/mol. The van der Waals surface area contributed by atoms with Gasteiger partial charge in [0.15, 0.2) is 0 Å². The number of rotatable bonds is 6. The maximum atomic E-state index is 6.29. The topological polar surface area (TPSA) is 32.5 Å². The van der Waals surface area contributed by atoms with Gasteiger partial charge in [0.1, 0.15) is 17.0 Å². The van der Waals surface area contributed by atoms with E-state index < -0.39 is 0 Å². The molecule has 3 heterocycles. The van der Waals surface area contributed by atoms with Crippen molar-refractivity contribution < 1.29 is 4.42 Å². The lowest BCUT2D eigenvalue weighted by atomic mass is 9.99. The summed E-state index contributed by atoms with van der Waals surface area (Å²) in [7, 11) is 0. The molecule has 0 atom stereocenters. The number of pyridine rings is 1. The van der Waals surface area contributed by atoms with Crippen molar-refractivity contribution in [2.24, 2.45) is 0 Å². The molecule has 0 aliphatic heterocycles. The summed E-state index contributed by atoms with van der Waals surface area (Å²) < 4.78 is 8.84. The minimum Gasteiger partial charge on any atom is -0.456 e. The standard InChI is InChI=1S/C49H31N3OS/c1-2-11-34(12-3-1)52(49-19-8-9-26-50-49)36-14-10-13-35(28-36)51(38-24-25-41-40-16-5-7-18-47(40)54-48(41)30-38)37-23-22-32-20-21-33-27-46-44(31-43(33)42(32)29-37)39-15-4-6-17-45(39)53-46/h1-31H. The Morgan fingerprint density at radius 3 is 1.93 bits per heavy atom. The Balaban J connectivity index is 1.14. The quantitative estimate of drug-likeness (QED) is 0.161. The minimum absolute atomic E-state index is 0.856. The van der Waals surface area contributed by atoms with E-state index in [1.54, 1.807) is 0 Å². The zero-order valence-corrected chi connectivity index (χ0v) is 29.9. The maximum Gasteiger partial charge on any atom is 0.137 e. The summed E-state index contributed by atoms with van der Waals surface area (Å²) in [4.78, 5) is 9.39. The van der Waals surface area contributed by atoms with Crippen LogP contribution in [0, 0.1) is 0 Å². The van der Waals surface area contributed by atoms with E-state index in [-0.39, 0.29) is 0 Å². The number of para-hydroxylation sites is 2. The second-order valence-corrected chi connectivity index (χ2v) is 14.7. The van der Waals surface area contributed by atoms with E-state index in [0.29, 0.717) is 0 Å². The molecule has 5 heteroatoms. The molecule has 0 saturated heterocycles. The molecular weight excluding hydrogens is 679 g/mol. The summed E-state index contributed by atoms with van der Waals surface area (Å²) in [5.74, 6) is 0.856. The van der Waals surface area contributed by atoms with Gasteiger partial charge in [0.05, 0.1) is 0 Å². The summed E-state index contributed by atoms with van der Waals surface area (Å²) in [6.45, 7) is 0. The van der Waals surface area contributed by atoms with Crippen LogP contribution in [0.25, 0.3) is 63.7 Å². The van der Waals surface area contributed by atoms with E-state index >= 15 is 0 Å². The van der Waals surface area contributed by atoms with Crippen LogP contribution in [0.1, 0.15) is 0 Å². The highest BCUT2D eigenvalue weighted by Gasteiger charge is 2.20. The van der Waals surface area contributed by atoms with Crippen LogP contribution in [0.5, 0.6) is 0 Å². The van der Waals surface area contributed by atoms with E-state index in [9.17, 15) is 0 Å². The first-order valence-corrected chi connectivity index (χ1v) is 18.9. The lowest BCUT2D eigenvalue weighted by molar-refractivity contribution is 0.669. The molecule has 3 aromatic heterocycles. The molecule has 0 radical (unpaired) electrons. The van der Waals surface area contributed by atoms with Crippen LogP contribution >= 0.6 is 11.3 Å². The van der Waals surface area contributed by atoms with E-state index in [1.807, 2.05) is 47.9 Å². The predicted molar refractivity (Wildman–Crippen MR) is 229 cm³/mol. The first kappa shape index (κ1) is 30.7. The Kier molecular flexibility index (Phi) is 7.00. The first-order chi connectivity index (χ1) is 26.7. The molecule has 11 rings (SSSR count). The highest BCUT2D eigenvalue weighted by molar-refractivity contribution is 7.25. The number of fused-ring (bicyclic) bond motifs is 9. The number of nitrogens with zero attached hydrogens (tertiary/aromatic N) is 3. The Morgan fingerprint density at radius 2 is 1.04 bits per heavy atom. The van der Waals surface area contributed by atoms with Crippen LogP contribution in [-0.4, -0.2) is 4.98 Å². The van der Waals surface area contributed by atoms with Crippen molar-refractivity contribution in [3.05, 3.63) is 188 Å². The van der Waals surface area contributed by atoms with Crippen molar-refractivity contribution in [1.29, 1.82) is 0 Å². The monoisotopic (exact) mass is 709 g/mol. The Hall–Kier alpha value is -6.95. The summed E-state index contributed by atoms with van der Waals surface area (Å²) in [6, 6.07) is 64.9. The number of hydrogen-bond donors (Lipinski definition) is 0. The van der Waals surface area contributed by atoms with Gasteiger partial charge in [-0.1, -0.05) is 91.0 Å². The maximum absolute atomic E-state index is 6.29. The lowest BCUT2D eigenvalue weighted by Gasteiger charge is -2.29. The van der Waals surface area contributed by atoms with Gasteiger partial charge in [-0.15, -0.1) is 11.3 Å². The molecule has 0 saturated carbocycles. The molecule has 0 spiro atoms. The predicted octanol–water partition coefficient (Wildman–Crippen LogP) is 14.6. The SMILES string of the molecule is c1ccc(N(c2cccc(N(c3ccc4c(c3)sc3ccccc34)c3ccc4ccc5cc6oc7ccccc7c6cc5c4c3)c2)c2ccccn2)cc1. The third kappa shape index (κ3) is 5.01. The molecule has 11 aromatic rings. The van der Waals surface area contributed by atoms with Gasteiger partial charge in [0.2, 0.25) is 0 Å². The van der Waals surface area contributed by atoms with Gasteiger partial charge in [-0.3, -0.25) is 4.90 Å². The highest BCUT2D eigenvalue weighted by Crippen LogP contribution is 2.44. The molecule has 4 nitrogen and oxygen atoms in total. The van der Waals surface area contributed by atoms with Crippen molar-refractivity contribution >= 4 is 109 Å². The fourth-order valence-electron chi connectivity index (χ4n) is 7.95. The molecule has 54 heavy (non-hydrogen) atoms. The normalized spacial score (nSPS) is 11.7. The Bertz CT molecular complexity index is 3150. The van der Waals surface area contributed by atoms with Crippen LogP contribution in [-0.2, 0) is 0 Å². The fraction of sp³-hybridized carbons (Fsp3) is 0. The molecule has 0 fully saturated rings. The van der Waals surface area contributed by atoms with Crippen molar-refractivity contribution in [1.82, 2.24) is 4.98 Å². The van der Waals surface area contributed by atoms with Gasteiger partial charge < -0.3 is 9.32 Å². The Morgan fingerprint density at radius 1 is 0.370 bits per heavy atom. The van der Waals surface area contributed by atoms with E-state index in [2.05, 4.69) is 161 Å². The summed E-state index contributed by atoms with van der Waals surface area (Å²) in [5.41, 5.74) is 7.10. The Labute approximate surface area is 315 Å². The number of benzene rings is 8. The smallest absolute Gasteiger partial charge is 0.137 e. The molecular formula is C49H31N3OS. The van der Waals surface area contributed by atoms with E-state index in [1.165, 1.54) is 36.3 Å². The molecule has 0 aliphatic carbocycles. The first-order valence-electron chi connectivity index (χ1n) is 18.1. The van der Waals surface area contributed by atoms with Crippen LogP contribution in [0.4, 0.5) is 34.3 Å². The largest absolute Gasteiger partial charge is 0.456 e. The highest BCUT2D eigenvalue weighted by atomic mass is 32.1. The zero-order valence-electron chi connectivity index (χ0n) is 29.1. The number of furan rings is 1. The molecule has 0 unspecified atom stereocenters. The van der Waals surface area contributed by atoms with Gasteiger partial charge in [0.25, 0.3) is 0 Å².